The Balaban J connectivity index is 1.19. The molecule has 2 aromatic rings. The van der Waals surface area contributed by atoms with E-state index in [-0.39, 0.29) is 57.8 Å². The lowest BCUT2D eigenvalue weighted by Gasteiger charge is -2.62. The molecule has 0 N–H and O–H groups in total. The lowest BCUT2D eigenvalue weighted by atomic mass is 9.69. The van der Waals surface area contributed by atoms with Gasteiger partial charge in [0.1, 0.15) is 16.5 Å². The molecule has 252 valence electrons. The highest BCUT2D eigenvalue weighted by Crippen LogP contribution is 2.50. The Morgan fingerprint density at radius 3 is 2.41 bits per heavy atom. The molecule has 1 saturated carbocycles. The third kappa shape index (κ3) is 6.16. The van der Waals surface area contributed by atoms with Crippen molar-refractivity contribution in [2.24, 2.45) is 11.3 Å². The minimum absolute atomic E-state index is 0.0423. The second kappa shape index (κ2) is 11.3. The van der Waals surface area contributed by atoms with Gasteiger partial charge in [0.2, 0.25) is 5.91 Å². The van der Waals surface area contributed by atoms with E-state index >= 15 is 0 Å². The van der Waals surface area contributed by atoms with E-state index < -0.39 is 47.5 Å². The molecule has 46 heavy (non-hydrogen) atoms. The molecule has 8 nitrogen and oxygen atoms in total. The van der Waals surface area contributed by atoms with Crippen LogP contribution in [0.2, 0.25) is 0 Å². The Hall–Kier alpha value is -3.07. The first-order valence-corrected chi connectivity index (χ1v) is 16.0. The molecule has 1 spiro atoms. The lowest BCUT2D eigenvalue weighted by Crippen LogP contribution is -2.76. The van der Waals surface area contributed by atoms with Crippen LogP contribution in [0.1, 0.15) is 50.5 Å². The summed E-state index contributed by atoms with van der Waals surface area (Å²) in [6, 6.07) is 0.0772. The summed E-state index contributed by atoms with van der Waals surface area (Å²) >= 11 is 0.731. The van der Waals surface area contributed by atoms with Gasteiger partial charge in [0.05, 0.1) is 36.4 Å². The van der Waals surface area contributed by atoms with Gasteiger partial charge in [-0.25, -0.2) is 9.78 Å². The summed E-state index contributed by atoms with van der Waals surface area (Å²) in [5.41, 5.74) is -2.42. The van der Waals surface area contributed by atoms with E-state index in [0.717, 1.165) is 23.8 Å². The van der Waals surface area contributed by atoms with E-state index in [1.54, 1.807) is 31.7 Å². The maximum Gasteiger partial charge on any atom is 0.419 e. The van der Waals surface area contributed by atoms with Gasteiger partial charge in [-0.05, 0) is 52.0 Å². The fraction of sp³-hybridized carbons (Fsp3) is 0.645. The number of rotatable bonds is 6. The third-order valence-corrected chi connectivity index (χ3v) is 10.2. The van der Waals surface area contributed by atoms with Crippen molar-refractivity contribution in [2.75, 3.05) is 37.7 Å². The zero-order valence-corrected chi connectivity index (χ0v) is 26.5. The van der Waals surface area contributed by atoms with E-state index in [1.165, 1.54) is 9.80 Å². The van der Waals surface area contributed by atoms with Crippen LogP contribution >= 0.6 is 11.3 Å². The number of fused-ring (bicyclic) bond motifs is 4. The van der Waals surface area contributed by atoms with Crippen LogP contribution in [0.3, 0.4) is 0 Å². The minimum atomic E-state index is -4.76. The number of aromatic nitrogens is 1. The maximum atomic E-state index is 14.1. The molecular formula is C31H36F6N4O4S. The average Bonchev–Trinajstić information content (AvgIpc) is 3.29. The molecule has 5 fully saturated rings. The summed E-state index contributed by atoms with van der Waals surface area (Å²) in [6.45, 7) is 10.3. The van der Waals surface area contributed by atoms with Gasteiger partial charge >= 0.3 is 18.4 Å². The number of likely N-dealkylation sites (tertiary alicyclic amines) is 1. The summed E-state index contributed by atoms with van der Waals surface area (Å²) < 4.78 is 93.0. The van der Waals surface area contributed by atoms with Crippen LogP contribution in [0, 0.1) is 11.3 Å². The van der Waals surface area contributed by atoms with Crippen LogP contribution in [0.5, 0.6) is 0 Å². The summed E-state index contributed by atoms with van der Waals surface area (Å²) in [6.07, 6.45) is -7.01. The second-order valence-electron chi connectivity index (χ2n) is 13.9. The van der Waals surface area contributed by atoms with Crippen molar-refractivity contribution in [3.05, 3.63) is 35.4 Å². The topological polar surface area (TPSA) is 75.2 Å². The molecule has 2 amide bonds. The predicted molar refractivity (Wildman–Crippen MR) is 159 cm³/mol. The summed E-state index contributed by atoms with van der Waals surface area (Å²) in [5.74, 6) is -0.359. The standard InChI is InChI=1S/C31H36F6N4O4S/c1-5-8-44-22-9-17-6-7-21(22)41(27(43)45-28(2,3)4)23(17)26(42)40-15-29(16-40)13-39(14-29)24-19-10-18(11-30(32,33)34)46-25(19)38-12-20(24)31(35,36)37/h5,10,12,17,21-23H,1,6-9,11,13-16H2,2-4H3/t17-,21+,22-,23+/m1/s1. The maximum absolute atomic E-state index is 14.1. The number of pyridine rings is 1. The van der Waals surface area contributed by atoms with Crippen molar-refractivity contribution in [1.82, 2.24) is 14.8 Å². The third-order valence-electron chi connectivity index (χ3n) is 9.18. The van der Waals surface area contributed by atoms with Gasteiger partial charge in [-0.2, -0.15) is 26.3 Å². The SMILES string of the molecule is C=CCO[C@@H]1C[C@H]2CC[C@@H]1N(C(=O)OC(C)(C)C)[C@@H]2C(=O)N1CC2(C1)CN(c1c(C(F)(F)F)cnc3sc(CC(F)(F)F)cc13)C2. The number of alkyl halides is 6. The number of carbonyl (C=O) groups is 2. The molecule has 6 heterocycles. The van der Waals surface area contributed by atoms with Crippen LogP contribution in [0.25, 0.3) is 10.2 Å². The monoisotopic (exact) mass is 674 g/mol. The van der Waals surface area contributed by atoms with E-state index in [9.17, 15) is 35.9 Å². The quantitative estimate of drug-likeness (QED) is 0.260. The highest BCUT2D eigenvalue weighted by molar-refractivity contribution is 7.18. The molecule has 0 unspecified atom stereocenters. The largest absolute Gasteiger partial charge is 0.444 e. The van der Waals surface area contributed by atoms with Crippen LogP contribution in [-0.2, 0) is 26.9 Å². The molecule has 7 rings (SSSR count). The van der Waals surface area contributed by atoms with Gasteiger partial charge in [-0.15, -0.1) is 17.9 Å². The Morgan fingerprint density at radius 1 is 1.11 bits per heavy atom. The number of amides is 2. The average molecular weight is 675 g/mol. The van der Waals surface area contributed by atoms with Gasteiger partial charge in [-0.3, -0.25) is 9.69 Å². The number of anilines is 1. The molecule has 4 aliphatic heterocycles. The highest BCUT2D eigenvalue weighted by Gasteiger charge is 2.59. The number of carbonyl (C=O) groups excluding carboxylic acids is 2. The van der Waals surface area contributed by atoms with Gasteiger partial charge in [0.25, 0.3) is 0 Å². The van der Waals surface area contributed by atoms with Crippen LogP contribution in [-0.4, -0.2) is 89.5 Å². The second-order valence-corrected chi connectivity index (χ2v) is 15.0. The Kier molecular flexibility index (Phi) is 8.05. The molecule has 4 atom stereocenters. The number of piperidine rings is 2. The van der Waals surface area contributed by atoms with Crippen LogP contribution in [0.15, 0.2) is 24.9 Å². The first-order chi connectivity index (χ1) is 21.4. The lowest BCUT2D eigenvalue weighted by molar-refractivity contribution is -0.167. The van der Waals surface area contributed by atoms with Gasteiger partial charge in [0, 0.05) is 48.1 Å². The first kappa shape index (κ1) is 32.9. The number of ether oxygens (including phenoxy) is 2. The summed E-state index contributed by atoms with van der Waals surface area (Å²) in [7, 11) is 0. The van der Waals surface area contributed by atoms with Crippen molar-refractivity contribution < 1.29 is 45.4 Å². The fourth-order valence-corrected chi connectivity index (χ4v) is 8.56. The minimum Gasteiger partial charge on any atom is -0.444 e. The van der Waals surface area contributed by atoms with Gasteiger partial charge < -0.3 is 19.3 Å². The smallest absolute Gasteiger partial charge is 0.419 e. The van der Waals surface area contributed by atoms with Crippen LogP contribution in [0.4, 0.5) is 36.8 Å². The molecule has 15 heteroatoms. The number of nitrogens with zero attached hydrogens (tertiary/aromatic N) is 4. The molecular weight excluding hydrogens is 638 g/mol. The Morgan fingerprint density at radius 2 is 1.80 bits per heavy atom. The van der Waals surface area contributed by atoms with E-state index in [2.05, 4.69) is 11.6 Å². The van der Waals surface area contributed by atoms with Crippen molar-refractivity contribution in [3.8, 4) is 0 Å². The molecule has 1 aliphatic carbocycles. The summed E-state index contributed by atoms with van der Waals surface area (Å²) in [4.78, 5) is 36.0. The van der Waals surface area contributed by atoms with Gasteiger partial charge in [0.15, 0.2) is 0 Å². The molecule has 4 saturated heterocycles. The number of hydrogen-bond donors (Lipinski definition) is 0. The molecule has 0 aromatic carbocycles. The van der Waals surface area contributed by atoms with E-state index in [1.807, 2.05) is 0 Å². The zero-order valence-electron chi connectivity index (χ0n) is 25.7. The van der Waals surface area contributed by atoms with Crippen molar-refractivity contribution >= 4 is 39.2 Å². The first-order valence-electron chi connectivity index (χ1n) is 15.2. The number of halogens is 6. The number of thiophene rings is 1. The molecule has 2 bridgehead atoms. The van der Waals surface area contributed by atoms with Crippen molar-refractivity contribution in [3.63, 3.8) is 0 Å². The van der Waals surface area contributed by atoms with Crippen LogP contribution < -0.4 is 4.90 Å². The molecule has 5 aliphatic rings. The van der Waals surface area contributed by atoms with Crippen molar-refractivity contribution in [1.29, 1.82) is 0 Å². The van der Waals surface area contributed by atoms with E-state index in [0.29, 0.717) is 38.7 Å². The molecule has 2 aromatic heterocycles. The zero-order chi connectivity index (χ0) is 33.4. The molecule has 0 radical (unpaired) electrons. The fourth-order valence-electron chi connectivity index (χ4n) is 7.52. The normalized spacial score (nSPS) is 25.9. The number of hydrogen-bond acceptors (Lipinski definition) is 7. The Labute approximate surface area is 266 Å². The predicted octanol–water partition coefficient (Wildman–Crippen LogP) is 6.43. The highest BCUT2D eigenvalue weighted by atomic mass is 32.1. The summed E-state index contributed by atoms with van der Waals surface area (Å²) in [5, 5.41) is 0.0423. The van der Waals surface area contributed by atoms with E-state index in [4.69, 9.17) is 9.47 Å². The Bertz CT molecular complexity index is 1520. The van der Waals surface area contributed by atoms with Crippen molar-refractivity contribution in [2.45, 2.75) is 82.6 Å². The van der Waals surface area contributed by atoms with Gasteiger partial charge in [-0.1, -0.05) is 6.08 Å².